The molecule has 2 aromatic heterocycles. The van der Waals surface area contributed by atoms with Crippen molar-refractivity contribution in [3.63, 3.8) is 0 Å². The normalized spacial score (nSPS) is 11.8. The number of nitrogens with one attached hydrogen (secondary N) is 1. The highest BCUT2D eigenvalue weighted by Gasteiger charge is 2.23. The van der Waals surface area contributed by atoms with Gasteiger partial charge in [0.15, 0.2) is 5.82 Å². The molecule has 0 fully saturated rings. The van der Waals surface area contributed by atoms with Gasteiger partial charge >= 0.3 is 0 Å². The number of aromatic nitrogens is 4. The molecule has 1 unspecified atom stereocenters. The molecule has 0 aliphatic heterocycles. The van der Waals surface area contributed by atoms with E-state index in [1.54, 1.807) is 38.1 Å². The molecule has 33 heavy (non-hydrogen) atoms. The van der Waals surface area contributed by atoms with Gasteiger partial charge in [0.05, 0.1) is 27.7 Å². The second-order valence-corrected chi connectivity index (χ2v) is 7.70. The Morgan fingerprint density at radius 2 is 1.91 bits per heavy atom. The third-order valence-electron chi connectivity index (χ3n) is 5.16. The maximum Gasteiger partial charge on any atom is 0.267 e. The molecule has 4 aromatic rings. The molecule has 0 aliphatic rings. The van der Waals surface area contributed by atoms with Gasteiger partial charge in [-0.3, -0.25) is 9.36 Å². The van der Waals surface area contributed by atoms with Crippen LogP contribution in [0, 0.1) is 24.1 Å². The van der Waals surface area contributed by atoms with Crippen molar-refractivity contribution >= 4 is 40.1 Å². The summed E-state index contributed by atoms with van der Waals surface area (Å²) in [6.07, 6.45) is 0. The molecular weight excluding hydrogens is 447 g/mol. The fourth-order valence-corrected chi connectivity index (χ4v) is 3.80. The standard InChI is InChI=1S/C22H18ClFN8O/c1-10-14(24)6-4-8-16(10)32-20(29-15-7-3-5-13(23)17(15)21(32)33)11(2)28-19-12(9-25)18(26)30-22(27)31-19/h3-8,11H,1-2H3,(H5,26,27,28,30,31). The van der Waals surface area contributed by atoms with Gasteiger partial charge in [-0.1, -0.05) is 23.7 Å². The zero-order chi connectivity index (χ0) is 23.9. The summed E-state index contributed by atoms with van der Waals surface area (Å²) in [6.45, 7) is 3.27. The molecule has 0 amide bonds. The van der Waals surface area contributed by atoms with Crippen LogP contribution in [0.2, 0.25) is 5.02 Å². The van der Waals surface area contributed by atoms with Gasteiger partial charge in [-0.25, -0.2) is 9.37 Å². The second kappa shape index (κ2) is 8.37. The van der Waals surface area contributed by atoms with E-state index >= 15 is 0 Å². The molecule has 0 spiro atoms. The maximum absolute atomic E-state index is 14.4. The molecule has 0 saturated heterocycles. The average molecular weight is 465 g/mol. The van der Waals surface area contributed by atoms with Gasteiger partial charge < -0.3 is 16.8 Å². The minimum atomic E-state index is -0.690. The maximum atomic E-state index is 14.4. The van der Waals surface area contributed by atoms with E-state index in [2.05, 4.69) is 20.3 Å². The van der Waals surface area contributed by atoms with Crippen molar-refractivity contribution in [2.45, 2.75) is 19.9 Å². The minimum Gasteiger partial charge on any atom is -0.382 e. The number of nitrogen functional groups attached to an aromatic ring is 2. The first kappa shape index (κ1) is 22.0. The molecule has 5 N–H and O–H groups in total. The van der Waals surface area contributed by atoms with Crippen LogP contribution in [0.4, 0.5) is 22.0 Å². The van der Waals surface area contributed by atoms with Crippen molar-refractivity contribution in [2.24, 2.45) is 0 Å². The van der Waals surface area contributed by atoms with Crippen molar-refractivity contribution in [1.29, 1.82) is 5.26 Å². The van der Waals surface area contributed by atoms with Gasteiger partial charge in [0.25, 0.3) is 5.56 Å². The lowest BCUT2D eigenvalue weighted by molar-refractivity contribution is 0.614. The fraction of sp³-hybridized carbons (Fsp3) is 0.136. The third kappa shape index (κ3) is 3.79. The van der Waals surface area contributed by atoms with Gasteiger partial charge in [0.2, 0.25) is 5.95 Å². The number of fused-ring (bicyclic) bond motifs is 1. The van der Waals surface area contributed by atoms with Gasteiger partial charge in [-0.05, 0) is 38.1 Å². The van der Waals surface area contributed by atoms with Gasteiger partial charge in [-0.2, -0.15) is 15.2 Å². The fourth-order valence-electron chi connectivity index (χ4n) is 3.55. The van der Waals surface area contributed by atoms with Crippen LogP contribution >= 0.6 is 11.6 Å². The summed E-state index contributed by atoms with van der Waals surface area (Å²) in [4.78, 5) is 26.1. The Morgan fingerprint density at radius 3 is 2.64 bits per heavy atom. The van der Waals surface area contributed by atoms with Crippen molar-refractivity contribution in [1.82, 2.24) is 19.5 Å². The lowest BCUT2D eigenvalue weighted by Crippen LogP contribution is -2.28. The van der Waals surface area contributed by atoms with Crippen LogP contribution in [-0.2, 0) is 0 Å². The number of halogens is 2. The summed E-state index contributed by atoms with van der Waals surface area (Å²) in [5, 5.41) is 12.9. The van der Waals surface area contributed by atoms with Crippen LogP contribution in [0.25, 0.3) is 16.6 Å². The molecule has 4 rings (SSSR count). The van der Waals surface area contributed by atoms with Crippen molar-refractivity contribution in [3.8, 4) is 11.8 Å². The van der Waals surface area contributed by atoms with E-state index in [1.165, 1.54) is 16.7 Å². The molecular formula is C22H18ClFN8O. The smallest absolute Gasteiger partial charge is 0.267 e. The second-order valence-electron chi connectivity index (χ2n) is 7.30. The van der Waals surface area contributed by atoms with Crippen LogP contribution in [0.15, 0.2) is 41.2 Å². The van der Waals surface area contributed by atoms with Gasteiger partial charge in [-0.15, -0.1) is 0 Å². The summed E-state index contributed by atoms with van der Waals surface area (Å²) in [6, 6.07) is 10.6. The lowest BCUT2D eigenvalue weighted by Gasteiger charge is -2.22. The molecule has 9 nitrogen and oxygen atoms in total. The van der Waals surface area contributed by atoms with E-state index in [-0.39, 0.29) is 44.9 Å². The first-order valence-electron chi connectivity index (χ1n) is 9.79. The number of anilines is 3. The molecule has 0 bridgehead atoms. The SMILES string of the molecule is Cc1c(F)cccc1-n1c(C(C)Nc2nc(N)nc(N)c2C#N)nc2cccc(Cl)c2c1=O. The Hall–Kier alpha value is -4.23. The monoisotopic (exact) mass is 464 g/mol. The van der Waals surface area contributed by atoms with E-state index in [4.69, 9.17) is 23.1 Å². The van der Waals surface area contributed by atoms with Crippen molar-refractivity contribution in [3.05, 3.63) is 74.5 Å². The minimum absolute atomic E-state index is 0.00397. The number of hydrogen-bond donors (Lipinski definition) is 3. The van der Waals surface area contributed by atoms with Crippen LogP contribution < -0.4 is 22.3 Å². The van der Waals surface area contributed by atoms with Gasteiger partial charge in [0.1, 0.15) is 29.1 Å². The molecule has 1 atom stereocenters. The number of nitrogens with two attached hydrogens (primary N) is 2. The highest BCUT2D eigenvalue weighted by atomic mass is 35.5. The third-order valence-corrected chi connectivity index (χ3v) is 5.47. The highest BCUT2D eigenvalue weighted by molar-refractivity contribution is 6.35. The first-order chi connectivity index (χ1) is 15.7. The molecule has 0 saturated carbocycles. The van der Waals surface area contributed by atoms with Crippen LogP contribution in [0.3, 0.4) is 0 Å². The van der Waals surface area contributed by atoms with E-state index in [0.717, 1.165) is 0 Å². The summed E-state index contributed by atoms with van der Waals surface area (Å²) < 4.78 is 15.7. The lowest BCUT2D eigenvalue weighted by atomic mass is 10.1. The van der Waals surface area contributed by atoms with E-state index in [1.807, 2.05) is 6.07 Å². The average Bonchev–Trinajstić information content (AvgIpc) is 2.75. The number of hydrogen-bond acceptors (Lipinski definition) is 8. The Labute approximate surface area is 192 Å². The van der Waals surface area contributed by atoms with E-state index in [0.29, 0.717) is 11.2 Å². The molecule has 2 heterocycles. The van der Waals surface area contributed by atoms with Crippen molar-refractivity contribution < 1.29 is 4.39 Å². The predicted molar refractivity (Wildman–Crippen MR) is 125 cm³/mol. The molecule has 0 aliphatic carbocycles. The topological polar surface area (TPSA) is 149 Å². The Bertz CT molecular complexity index is 1510. The first-order valence-corrected chi connectivity index (χ1v) is 10.2. The molecule has 0 radical (unpaired) electrons. The van der Waals surface area contributed by atoms with Crippen molar-refractivity contribution in [2.75, 3.05) is 16.8 Å². The van der Waals surface area contributed by atoms with E-state index in [9.17, 15) is 14.4 Å². The largest absolute Gasteiger partial charge is 0.382 e. The summed E-state index contributed by atoms with van der Waals surface area (Å²) in [5.74, 6) is -0.372. The Morgan fingerprint density at radius 1 is 1.18 bits per heavy atom. The van der Waals surface area contributed by atoms with Crippen LogP contribution in [-0.4, -0.2) is 19.5 Å². The predicted octanol–water partition coefficient (Wildman–Crippen LogP) is 3.49. The Balaban J connectivity index is 1.99. The summed E-state index contributed by atoms with van der Waals surface area (Å²) >= 11 is 6.31. The number of rotatable bonds is 4. The van der Waals surface area contributed by atoms with Crippen LogP contribution in [0.1, 0.15) is 29.9 Å². The Kier molecular flexibility index (Phi) is 5.57. The zero-order valence-corrected chi connectivity index (χ0v) is 18.4. The van der Waals surface area contributed by atoms with Gasteiger partial charge in [0, 0.05) is 5.56 Å². The van der Waals surface area contributed by atoms with Crippen LogP contribution in [0.5, 0.6) is 0 Å². The molecule has 2 aromatic carbocycles. The zero-order valence-electron chi connectivity index (χ0n) is 17.6. The number of nitrogens with zero attached hydrogens (tertiary/aromatic N) is 5. The molecule has 166 valence electrons. The highest BCUT2D eigenvalue weighted by Crippen LogP contribution is 2.28. The summed E-state index contributed by atoms with van der Waals surface area (Å²) in [5.41, 5.74) is 11.9. The summed E-state index contributed by atoms with van der Waals surface area (Å²) in [7, 11) is 0. The van der Waals surface area contributed by atoms with E-state index < -0.39 is 17.4 Å². The molecule has 11 heteroatoms. The quantitative estimate of drug-likeness (QED) is 0.415. The number of benzene rings is 2. The number of nitriles is 1.